The first kappa shape index (κ1) is 14.4. The molecule has 1 atom stereocenters. The van der Waals surface area contributed by atoms with Crippen LogP contribution in [0.25, 0.3) is 0 Å². The van der Waals surface area contributed by atoms with Gasteiger partial charge in [0.2, 0.25) is 5.75 Å². The van der Waals surface area contributed by atoms with Gasteiger partial charge in [0.1, 0.15) is 0 Å². The molecule has 1 aromatic carbocycles. The minimum atomic E-state index is -3.11. The third-order valence-corrected chi connectivity index (χ3v) is 3.06. The van der Waals surface area contributed by atoms with Gasteiger partial charge in [-0.15, -0.1) is 0 Å². The first-order chi connectivity index (χ1) is 9.49. The Morgan fingerprint density at radius 1 is 1.55 bits per heavy atom. The Morgan fingerprint density at radius 3 is 2.90 bits per heavy atom. The summed E-state index contributed by atoms with van der Waals surface area (Å²) in [4.78, 5) is 12.0. The molecule has 1 aliphatic rings. The van der Waals surface area contributed by atoms with Crippen LogP contribution in [0.1, 0.15) is 6.92 Å². The highest BCUT2D eigenvalue weighted by Gasteiger charge is 2.24. The predicted octanol–water partition coefficient (Wildman–Crippen LogP) is 2.42. The molecular weight excluding hydrogens is 274 g/mol. The molecular formula is C12H14F2N2O4. The topological polar surface area (TPSA) is 64.8 Å². The molecule has 8 heteroatoms. The van der Waals surface area contributed by atoms with Crippen LogP contribution in [0.2, 0.25) is 0 Å². The Labute approximate surface area is 114 Å². The van der Waals surface area contributed by atoms with E-state index in [4.69, 9.17) is 4.74 Å². The first-order valence-corrected chi connectivity index (χ1v) is 6.06. The lowest BCUT2D eigenvalue weighted by molar-refractivity contribution is -0.386. The van der Waals surface area contributed by atoms with E-state index >= 15 is 0 Å². The molecule has 1 fully saturated rings. The van der Waals surface area contributed by atoms with Crippen molar-refractivity contribution in [1.29, 1.82) is 0 Å². The summed E-state index contributed by atoms with van der Waals surface area (Å²) in [5, 5.41) is 10.8. The summed E-state index contributed by atoms with van der Waals surface area (Å²) >= 11 is 0. The molecule has 2 rings (SSSR count). The molecule has 6 nitrogen and oxygen atoms in total. The number of halogens is 2. The average molecular weight is 288 g/mol. The van der Waals surface area contributed by atoms with Crippen LogP contribution in [0, 0.1) is 10.1 Å². The van der Waals surface area contributed by atoms with Crippen LogP contribution in [0.3, 0.4) is 0 Å². The molecule has 0 spiro atoms. The summed E-state index contributed by atoms with van der Waals surface area (Å²) in [6.45, 7) is 0.446. The van der Waals surface area contributed by atoms with Crippen LogP contribution in [-0.2, 0) is 4.74 Å². The molecule has 1 saturated heterocycles. The van der Waals surface area contributed by atoms with Crippen molar-refractivity contribution in [3.05, 3.63) is 28.3 Å². The fourth-order valence-electron chi connectivity index (χ4n) is 2.13. The van der Waals surface area contributed by atoms with Gasteiger partial charge in [0, 0.05) is 30.4 Å². The SMILES string of the molecule is CC1COCCN1c1ccc([N+](=O)[O-])c(OC(F)F)c1. The number of alkyl halides is 2. The number of benzene rings is 1. The molecule has 0 aromatic heterocycles. The van der Waals surface area contributed by atoms with E-state index in [2.05, 4.69) is 4.74 Å². The minimum absolute atomic E-state index is 0.0598. The molecule has 0 aliphatic carbocycles. The predicted molar refractivity (Wildman–Crippen MR) is 67.4 cm³/mol. The highest BCUT2D eigenvalue weighted by Crippen LogP contribution is 2.33. The van der Waals surface area contributed by atoms with Gasteiger partial charge in [-0.1, -0.05) is 0 Å². The fourth-order valence-corrected chi connectivity index (χ4v) is 2.13. The maximum absolute atomic E-state index is 12.3. The molecule has 0 N–H and O–H groups in total. The number of rotatable bonds is 4. The van der Waals surface area contributed by atoms with Crippen molar-refractivity contribution >= 4 is 11.4 Å². The second-order valence-electron chi connectivity index (χ2n) is 4.40. The van der Waals surface area contributed by atoms with E-state index in [1.165, 1.54) is 18.2 Å². The van der Waals surface area contributed by atoms with Crippen molar-refractivity contribution in [1.82, 2.24) is 0 Å². The fraction of sp³-hybridized carbons (Fsp3) is 0.500. The summed E-state index contributed by atoms with van der Waals surface area (Å²) in [5.74, 6) is -0.429. The summed E-state index contributed by atoms with van der Waals surface area (Å²) in [6.07, 6.45) is 0. The zero-order chi connectivity index (χ0) is 14.7. The zero-order valence-electron chi connectivity index (χ0n) is 10.8. The van der Waals surface area contributed by atoms with Crippen molar-refractivity contribution < 1.29 is 23.2 Å². The molecule has 0 bridgehead atoms. The van der Waals surface area contributed by atoms with E-state index in [9.17, 15) is 18.9 Å². The Hall–Kier alpha value is -1.96. The van der Waals surface area contributed by atoms with E-state index in [-0.39, 0.29) is 6.04 Å². The molecule has 0 amide bonds. The second-order valence-corrected chi connectivity index (χ2v) is 4.40. The number of morpholine rings is 1. The standard InChI is InChI=1S/C12H14F2N2O4/c1-8-7-19-5-4-15(8)9-2-3-10(16(17)18)11(6-9)20-12(13)14/h2-3,6,8,12H,4-5,7H2,1H3. The number of hydrogen-bond donors (Lipinski definition) is 0. The van der Waals surface area contributed by atoms with Gasteiger partial charge >= 0.3 is 12.3 Å². The van der Waals surface area contributed by atoms with Gasteiger partial charge in [0.25, 0.3) is 0 Å². The van der Waals surface area contributed by atoms with Crippen molar-refractivity contribution in [2.75, 3.05) is 24.7 Å². The molecule has 1 aromatic rings. The maximum Gasteiger partial charge on any atom is 0.387 e. The zero-order valence-corrected chi connectivity index (χ0v) is 10.8. The van der Waals surface area contributed by atoms with Crippen molar-refractivity contribution in [2.24, 2.45) is 0 Å². The molecule has 20 heavy (non-hydrogen) atoms. The van der Waals surface area contributed by atoms with Crippen molar-refractivity contribution in [2.45, 2.75) is 19.6 Å². The highest BCUT2D eigenvalue weighted by atomic mass is 19.3. The number of ether oxygens (including phenoxy) is 2. The van der Waals surface area contributed by atoms with Gasteiger partial charge in [-0.2, -0.15) is 8.78 Å². The van der Waals surface area contributed by atoms with E-state index in [1.54, 1.807) is 0 Å². The van der Waals surface area contributed by atoms with Crippen LogP contribution in [-0.4, -0.2) is 37.3 Å². The molecule has 1 heterocycles. The lowest BCUT2D eigenvalue weighted by Crippen LogP contribution is -2.43. The van der Waals surface area contributed by atoms with Gasteiger partial charge in [-0.05, 0) is 13.0 Å². The number of nitro groups is 1. The van der Waals surface area contributed by atoms with Gasteiger partial charge in [0.05, 0.1) is 18.1 Å². The Balaban J connectivity index is 2.33. The average Bonchev–Trinajstić information content (AvgIpc) is 2.38. The smallest absolute Gasteiger partial charge is 0.387 e. The van der Waals surface area contributed by atoms with Crippen LogP contribution >= 0.6 is 0 Å². The maximum atomic E-state index is 12.3. The van der Waals surface area contributed by atoms with Gasteiger partial charge in [-0.3, -0.25) is 10.1 Å². The summed E-state index contributed by atoms with van der Waals surface area (Å²) in [6, 6.07) is 4.03. The van der Waals surface area contributed by atoms with Gasteiger partial charge in [-0.25, -0.2) is 0 Å². The first-order valence-electron chi connectivity index (χ1n) is 6.06. The van der Waals surface area contributed by atoms with Crippen molar-refractivity contribution in [3.8, 4) is 5.75 Å². The summed E-state index contributed by atoms with van der Waals surface area (Å²) in [5.41, 5.74) is 0.122. The third-order valence-electron chi connectivity index (χ3n) is 3.06. The van der Waals surface area contributed by atoms with Crippen molar-refractivity contribution in [3.63, 3.8) is 0 Å². The summed E-state index contributed by atoms with van der Waals surface area (Å²) in [7, 11) is 0. The van der Waals surface area contributed by atoms with E-state index in [1.807, 2.05) is 11.8 Å². The number of hydrogen-bond acceptors (Lipinski definition) is 5. The van der Waals surface area contributed by atoms with Crippen LogP contribution in [0.15, 0.2) is 18.2 Å². The van der Waals surface area contributed by atoms with E-state index in [0.717, 1.165) is 0 Å². The van der Waals surface area contributed by atoms with E-state index < -0.39 is 23.0 Å². The quantitative estimate of drug-likeness (QED) is 0.629. The summed E-state index contributed by atoms with van der Waals surface area (Å²) < 4.78 is 34.2. The Morgan fingerprint density at radius 2 is 2.30 bits per heavy atom. The van der Waals surface area contributed by atoms with Crippen LogP contribution in [0.4, 0.5) is 20.2 Å². The number of nitrogens with zero attached hydrogens (tertiary/aromatic N) is 2. The molecule has 0 saturated carbocycles. The van der Waals surface area contributed by atoms with Crippen LogP contribution < -0.4 is 9.64 Å². The van der Waals surface area contributed by atoms with Gasteiger partial charge in [0.15, 0.2) is 0 Å². The molecule has 0 radical (unpaired) electrons. The normalized spacial score (nSPS) is 19.2. The van der Waals surface area contributed by atoms with Gasteiger partial charge < -0.3 is 14.4 Å². The number of nitro benzene ring substituents is 1. The highest BCUT2D eigenvalue weighted by molar-refractivity contribution is 5.59. The Bertz CT molecular complexity index is 498. The van der Waals surface area contributed by atoms with Crippen LogP contribution in [0.5, 0.6) is 5.75 Å². The third kappa shape index (κ3) is 3.13. The van der Waals surface area contributed by atoms with E-state index in [0.29, 0.717) is 25.4 Å². The molecule has 110 valence electrons. The lowest BCUT2D eigenvalue weighted by Gasteiger charge is -2.35. The monoisotopic (exact) mass is 288 g/mol. The molecule has 1 aliphatic heterocycles. The second kappa shape index (κ2) is 6.00. The Kier molecular flexibility index (Phi) is 4.33. The minimum Gasteiger partial charge on any atom is -0.427 e. The lowest BCUT2D eigenvalue weighted by atomic mass is 10.2. The largest absolute Gasteiger partial charge is 0.427 e. The number of anilines is 1. The molecule has 1 unspecified atom stereocenters.